The Hall–Kier alpha value is -2.76. The van der Waals surface area contributed by atoms with Gasteiger partial charge in [-0.1, -0.05) is 30.3 Å². The predicted molar refractivity (Wildman–Crippen MR) is 79.8 cm³/mol. The average Bonchev–Trinajstić information content (AvgIpc) is 2.55. The molecule has 0 aliphatic carbocycles. The standard InChI is InChI=1S/C16H17N3O3/c1-12(22-16(21)14-10-17-8-9-18-14)15(20)19(2)11-13-6-4-3-5-7-13/h3-10,12H,11H2,1-2H3/t12-/m1/s1. The highest BCUT2D eigenvalue weighted by molar-refractivity contribution is 5.90. The van der Waals surface area contributed by atoms with E-state index in [1.165, 1.54) is 30.4 Å². The van der Waals surface area contributed by atoms with Gasteiger partial charge in [-0.15, -0.1) is 0 Å². The zero-order valence-corrected chi connectivity index (χ0v) is 12.5. The highest BCUT2D eigenvalue weighted by atomic mass is 16.5. The second kappa shape index (κ2) is 7.31. The maximum atomic E-state index is 12.2. The van der Waals surface area contributed by atoms with E-state index in [0.29, 0.717) is 6.54 Å². The van der Waals surface area contributed by atoms with Crippen LogP contribution in [-0.2, 0) is 16.1 Å². The maximum absolute atomic E-state index is 12.2. The number of ether oxygens (including phenoxy) is 1. The molecule has 0 radical (unpaired) electrons. The number of amides is 1. The summed E-state index contributed by atoms with van der Waals surface area (Å²) in [6, 6.07) is 9.59. The highest BCUT2D eigenvalue weighted by Crippen LogP contribution is 2.07. The molecule has 6 heteroatoms. The number of rotatable bonds is 5. The number of likely N-dealkylation sites (N-methyl/N-ethyl adjacent to an activating group) is 1. The van der Waals surface area contributed by atoms with Crippen molar-refractivity contribution in [3.8, 4) is 0 Å². The van der Waals surface area contributed by atoms with Crippen molar-refractivity contribution in [1.82, 2.24) is 14.9 Å². The molecule has 0 spiro atoms. The lowest BCUT2D eigenvalue weighted by Crippen LogP contribution is -2.37. The van der Waals surface area contributed by atoms with Gasteiger partial charge in [0, 0.05) is 26.0 Å². The summed E-state index contributed by atoms with van der Waals surface area (Å²) in [5.41, 5.74) is 1.08. The SMILES string of the molecule is C[C@@H](OC(=O)c1cnccn1)C(=O)N(C)Cc1ccccc1. The first-order chi connectivity index (χ1) is 10.6. The maximum Gasteiger partial charge on any atom is 0.359 e. The van der Waals surface area contributed by atoms with Crippen LogP contribution >= 0.6 is 0 Å². The lowest BCUT2D eigenvalue weighted by atomic mass is 10.2. The first-order valence-corrected chi connectivity index (χ1v) is 6.84. The number of aromatic nitrogens is 2. The fourth-order valence-corrected chi connectivity index (χ4v) is 1.92. The molecule has 2 rings (SSSR count). The molecule has 0 saturated carbocycles. The van der Waals surface area contributed by atoms with Crippen LogP contribution in [0.15, 0.2) is 48.9 Å². The predicted octanol–water partition coefficient (Wildman–Crippen LogP) is 1.68. The Morgan fingerprint density at radius 1 is 1.23 bits per heavy atom. The summed E-state index contributed by atoms with van der Waals surface area (Å²) in [6.07, 6.45) is 3.26. The van der Waals surface area contributed by atoms with Crippen molar-refractivity contribution in [3.05, 3.63) is 60.2 Å². The summed E-state index contributed by atoms with van der Waals surface area (Å²) >= 11 is 0. The van der Waals surface area contributed by atoms with E-state index in [-0.39, 0.29) is 11.6 Å². The number of benzene rings is 1. The molecular formula is C16H17N3O3. The van der Waals surface area contributed by atoms with Crippen molar-refractivity contribution >= 4 is 11.9 Å². The molecule has 2 aromatic rings. The monoisotopic (exact) mass is 299 g/mol. The van der Waals surface area contributed by atoms with E-state index in [2.05, 4.69) is 9.97 Å². The van der Waals surface area contributed by atoms with Gasteiger partial charge in [-0.3, -0.25) is 9.78 Å². The van der Waals surface area contributed by atoms with E-state index in [0.717, 1.165) is 5.56 Å². The van der Waals surface area contributed by atoms with Crippen molar-refractivity contribution < 1.29 is 14.3 Å². The van der Waals surface area contributed by atoms with Crippen molar-refractivity contribution in [2.75, 3.05) is 7.05 Å². The number of esters is 1. The van der Waals surface area contributed by atoms with Gasteiger partial charge in [-0.05, 0) is 12.5 Å². The third kappa shape index (κ3) is 4.12. The smallest absolute Gasteiger partial charge is 0.359 e. The number of carbonyl (C=O) groups excluding carboxylic acids is 2. The van der Waals surface area contributed by atoms with Gasteiger partial charge >= 0.3 is 5.97 Å². The molecule has 0 N–H and O–H groups in total. The second-order valence-electron chi connectivity index (χ2n) is 4.82. The van der Waals surface area contributed by atoms with Crippen LogP contribution in [0.3, 0.4) is 0 Å². The van der Waals surface area contributed by atoms with Gasteiger partial charge in [0.2, 0.25) is 0 Å². The summed E-state index contributed by atoms with van der Waals surface area (Å²) in [7, 11) is 1.67. The van der Waals surface area contributed by atoms with Gasteiger partial charge in [0.1, 0.15) is 0 Å². The topological polar surface area (TPSA) is 72.4 Å². The molecular weight excluding hydrogens is 282 g/mol. The van der Waals surface area contributed by atoms with Crippen LogP contribution in [0, 0.1) is 0 Å². The Morgan fingerprint density at radius 2 is 1.95 bits per heavy atom. The Labute approximate surface area is 128 Å². The molecule has 1 aromatic carbocycles. The van der Waals surface area contributed by atoms with Gasteiger partial charge in [-0.25, -0.2) is 9.78 Å². The Kier molecular flexibility index (Phi) is 5.19. The molecule has 0 bridgehead atoms. The molecule has 0 fully saturated rings. The summed E-state index contributed by atoms with van der Waals surface area (Å²) in [5, 5.41) is 0. The van der Waals surface area contributed by atoms with Gasteiger partial charge in [0.25, 0.3) is 5.91 Å². The summed E-state index contributed by atoms with van der Waals surface area (Å²) in [6.45, 7) is 1.99. The normalized spacial score (nSPS) is 11.5. The minimum atomic E-state index is -0.886. The summed E-state index contributed by atoms with van der Waals surface area (Å²) < 4.78 is 5.12. The quantitative estimate of drug-likeness (QED) is 0.785. The molecule has 22 heavy (non-hydrogen) atoms. The largest absolute Gasteiger partial charge is 0.448 e. The Balaban J connectivity index is 1.93. The highest BCUT2D eigenvalue weighted by Gasteiger charge is 2.22. The van der Waals surface area contributed by atoms with Crippen molar-refractivity contribution in [3.63, 3.8) is 0 Å². The molecule has 114 valence electrons. The average molecular weight is 299 g/mol. The van der Waals surface area contributed by atoms with E-state index >= 15 is 0 Å². The number of carbonyl (C=O) groups is 2. The minimum Gasteiger partial charge on any atom is -0.448 e. The Morgan fingerprint density at radius 3 is 2.59 bits per heavy atom. The van der Waals surface area contributed by atoms with E-state index in [4.69, 9.17) is 4.74 Å². The van der Waals surface area contributed by atoms with Gasteiger partial charge in [0.05, 0.1) is 6.20 Å². The molecule has 6 nitrogen and oxygen atoms in total. The van der Waals surface area contributed by atoms with Crippen molar-refractivity contribution in [2.45, 2.75) is 19.6 Å². The molecule has 1 amide bonds. The third-order valence-electron chi connectivity index (χ3n) is 3.04. The van der Waals surface area contributed by atoms with E-state index < -0.39 is 12.1 Å². The Bertz CT molecular complexity index is 632. The van der Waals surface area contributed by atoms with Gasteiger partial charge < -0.3 is 9.64 Å². The van der Waals surface area contributed by atoms with E-state index in [1.54, 1.807) is 7.05 Å². The zero-order chi connectivity index (χ0) is 15.9. The van der Waals surface area contributed by atoms with Crippen LogP contribution in [0.25, 0.3) is 0 Å². The molecule has 0 aliphatic heterocycles. The first-order valence-electron chi connectivity index (χ1n) is 6.84. The molecule has 0 unspecified atom stereocenters. The van der Waals surface area contributed by atoms with Gasteiger partial charge in [0.15, 0.2) is 11.8 Å². The van der Waals surface area contributed by atoms with E-state index in [1.807, 2.05) is 30.3 Å². The molecule has 1 atom stereocenters. The fourth-order valence-electron chi connectivity index (χ4n) is 1.92. The molecule has 0 saturated heterocycles. The first kappa shape index (κ1) is 15.6. The summed E-state index contributed by atoms with van der Waals surface area (Å²) in [4.78, 5) is 33.2. The number of nitrogens with zero attached hydrogens (tertiary/aromatic N) is 3. The minimum absolute atomic E-state index is 0.0767. The van der Waals surface area contributed by atoms with Gasteiger partial charge in [-0.2, -0.15) is 0 Å². The number of hydrogen-bond acceptors (Lipinski definition) is 5. The zero-order valence-electron chi connectivity index (χ0n) is 12.5. The number of hydrogen-bond donors (Lipinski definition) is 0. The fraction of sp³-hybridized carbons (Fsp3) is 0.250. The van der Waals surface area contributed by atoms with E-state index in [9.17, 15) is 9.59 Å². The lowest BCUT2D eigenvalue weighted by molar-refractivity contribution is -0.139. The van der Waals surface area contributed by atoms with Crippen LogP contribution in [0.1, 0.15) is 23.0 Å². The van der Waals surface area contributed by atoms with Crippen molar-refractivity contribution in [2.24, 2.45) is 0 Å². The molecule has 1 heterocycles. The molecule has 0 aliphatic rings. The van der Waals surface area contributed by atoms with Crippen molar-refractivity contribution in [1.29, 1.82) is 0 Å². The third-order valence-corrected chi connectivity index (χ3v) is 3.04. The summed E-state index contributed by atoms with van der Waals surface area (Å²) in [5.74, 6) is -0.942. The lowest BCUT2D eigenvalue weighted by Gasteiger charge is -2.21. The van der Waals surface area contributed by atoms with Crippen LogP contribution in [0.4, 0.5) is 0 Å². The van der Waals surface area contributed by atoms with Crippen LogP contribution in [-0.4, -0.2) is 39.9 Å². The van der Waals surface area contributed by atoms with Crippen LogP contribution in [0.5, 0.6) is 0 Å². The van der Waals surface area contributed by atoms with Crippen LogP contribution < -0.4 is 0 Å². The molecule has 1 aromatic heterocycles. The second-order valence-corrected chi connectivity index (χ2v) is 4.82. The van der Waals surface area contributed by atoms with Crippen LogP contribution in [0.2, 0.25) is 0 Å².